The summed E-state index contributed by atoms with van der Waals surface area (Å²) >= 11 is 5.03. The van der Waals surface area contributed by atoms with Gasteiger partial charge in [-0.15, -0.1) is 0 Å². The van der Waals surface area contributed by atoms with Gasteiger partial charge < -0.3 is 10.6 Å². The lowest BCUT2D eigenvalue weighted by atomic mass is 9.68. The standard InChI is InChI=1S/C15H26N2OS/c1-14(2,12(16)19)13(18)17-10-8-15(9-11-17)6-4-3-5-7-15/h3-11H2,1-2H3,(H2,16,19). The van der Waals surface area contributed by atoms with Crippen LogP contribution in [0.3, 0.4) is 0 Å². The van der Waals surface area contributed by atoms with Crippen LogP contribution < -0.4 is 5.73 Å². The van der Waals surface area contributed by atoms with Crippen LogP contribution in [0.25, 0.3) is 0 Å². The summed E-state index contributed by atoms with van der Waals surface area (Å²) in [5, 5.41) is 0. The average Bonchev–Trinajstić information content (AvgIpc) is 2.39. The van der Waals surface area contributed by atoms with E-state index in [1.54, 1.807) is 0 Å². The fraction of sp³-hybridized carbons (Fsp3) is 0.867. The number of nitrogens with zero attached hydrogens (tertiary/aromatic N) is 1. The van der Waals surface area contributed by atoms with E-state index in [-0.39, 0.29) is 5.91 Å². The van der Waals surface area contributed by atoms with E-state index in [1.807, 2.05) is 18.7 Å². The maximum atomic E-state index is 12.5. The number of piperidine rings is 1. The van der Waals surface area contributed by atoms with Crippen molar-refractivity contribution in [3.63, 3.8) is 0 Å². The summed E-state index contributed by atoms with van der Waals surface area (Å²) in [6.07, 6.45) is 9.15. The van der Waals surface area contributed by atoms with Crippen LogP contribution in [0.4, 0.5) is 0 Å². The highest BCUT2D eigenvalue weighted by Gasteiger charge is 2.40. The maximum absolute atomic E-state index is 12.5. The van der Waals surface area contributed by atoms with Gasteiger partial charge in [0.05, 0.1) is 10.4 Å². The van der Waals surface area contributed by atoms with E-state index >= 15 is 0 Å². The molecule has 2 fully saturated rings. The number of amides is 1. The molecule has 1 amide bonds. The van der Waals surface area contributed by atoms with Crippen molar-refractivity contribution in [2.45, 2.75) is 58.8 Å². The van der Waals surface area contributed by atoms with Crippen LogP contribution in [-0.2, 0) is 4.79 Å². The summed E-state index contributed by atoms with van der Waals surface area (Å²) in [7, 11) is 0. The second kappa shape index (κ2) is 5.39. The molecule has 0 radical (unpaired) electrons. The molecule has 1 saturated heterocycles. The molecule has 1 spiro atoms. The van der Waals surface area contributed by atoms with E-state index in [1.165, 1.54) is 32.1 Å². The Morgan fingerprint density at radius 1 is 1.11 bits per heavy atom. The molecule has 1 aliphatic carbocycles. The van der Waals surface area contributed by atoms with E-state index in [4.69, 9.17) is 18.0 Å². The molecule has 1 heterocycles. The second-order valence-corrected chi connectivity index (χ2v) is 7.28. The van der Waals surface area contributed by atoms with Crippen LogP contribution in [0.2, 0.25) is 0 Å². The number of hydrogen-bond donors (Lipinski definition) is 1. The van der Waals surface area contributed by atoms with Crippen LogP contribution >= 0.6 is 12.2 Å². The molecule has 0 aromatic heterocycles. The van der Waals surface area contributed by atoms with Gasteiger partial charge in [0.25, 0.3) is 0 Å². The van der Waals surface area contributed by atoms with Gasteiger partial charge in [0.1, 0.15) is 0 Å². The molecule has 0 aromatic carbocycles. The lowest BCUT2D eigenvalue weighted by molar-refractivity contribution is -0.139. The predicted molar refractivity (Wildman–Crippen MR) is 81.9 cm³/mol. The summed E-state index contributed by atoms with van der Waals surface area (Å²) in [4.78, 5) is 14.8. The monoisotopic (exact) mass is 282 g/mol. The third-order valence-corrected chi connectivity index (χ3v) is 5.69. The van der Waals surface area contributed by atoms with Gasteiger partial charge in [-0.2, -0.15) is 0 Å². The number of hydrogen-bond acceptors (Lipinski definition) is 2. The Bertz CT molecular complexity index is 362. The van der Waals surface area contributed by atoms with Gasteiger partial charge in [0.2, 0.25) is 5.91 Å². The molecule has 3 nitrogen and oxygen atoms in total. The lowest BCUT2D eigenvalue weighted by Crippen LogP contribution is -2.51. The molecule has 1 saturated carbocycles. The van der Waals surface area contributed by atoms with E-state index in [0.29, 0.717) is 10.4 Å². The minimum absolute atomic E-state index is 0.102. The fourth-order valence-electron chi connectivity index (χ4n) is 3.49. The number of thiocarbonyl (C=S) groups is 1. The van der Waals surface area contributed by atoms with Crippen molar-refractivity contribution in [3.05, 3.63) is 0 Å². The largest absolute Gasteiger partial charge is 0.392 e. The first kappa shape index (κ1) is 14.8. The summed E-state index contributed by atoms with van der Waals surface area (Å²) in [6.45, 7) is 5.43. The Balaban J connectivity index is 1.96. The summed E-state index contributed by atoms with van der Waals surface area (Å²) in [5.41, 5.74) is 5.53. The van der Waals surface area contributed by atoms with Crippen molar-refractivity contribution in [1.82, 2.24) is 4.90 Å². The molecule has 0 aromatic rings. The van der Waals surface area contributed by atoms with Gasteiger partial charge in [-0.3, -0.25) is 4.79 Å². The van der Waals surface area contributed by atoms with Crippen LogP contribution in [0.1, 0.15) is 58.8 Å². The summed E-state index contributed by atoms with van der Waals surface area (Å²) in [6, 6.07) is 0. The van der Waals surface area contributed by atoms with Crippen molar-refractivity contribution >= 4 is 23.1 Å². The third kappa shape index (κ3) is 2.93. The molecule has 1 aliphatic heterocycles. The van der Waals surface area contributed by atoms with Gasteiger partial charge in [-0.25, -0.2) is 0 Å². The van der Waals surface area contributed by atoms with Crippen molar-refractivity contribution in [1.29, 1.82) is 0 Å². The predicted octanol–water partition coefficient (Wildman–Crippen LogP) is 2.87. The zero-order valence-electron chi connectivity index (χ0n) is 12.2. The van der Waals surface area contributed by atoms with Crippen molar-refractivity contribution in [3.8, 4) is 0 Å². The van der Waals surface area contributed by atoms with Gasteiger partial charge in [0.15, 0.2) is 0 Å². The van der Waals surface area contributed by atoms with Crippen LogP contribution in [0.15, 0.2) is 0 Å². The lowest BCUT2D eigenvalue weighted by Gasteiger charge is -2.45. The van der Waals surface area contributed by atoms with Crippen molar-refractivity contribution in [2.75, 3.05) is 13.1 Å². The zero-order valence-corrected chi connectivity index (χ0v) is 13.0. The first-order chi connectivity index (χ1) is 8.87. The smallest absolute Gasteiger partial charge is 0.235 e. The highest BCUT2D eigenvalue weighted by Crippen LogP contribution is 2.44. The van der Waals surface area contributed by atoms with Crippen molar-refractivity contribution in [2.24, 2.45) is 16.6 Å². The topological polar surface area (TPSA) is 46.3 Å². The first-order valence-corrected chi connectivity index (χ1v) is 7.88. The molecular weight excluding hydrogens is 256 g/mol. The average molecular weight is 282 g/mol. The Labute approximate surface area is 121 Å². The van der Waals surface area contributed by atoms with Gasteiger partial charge in [-0.1, -0.05) is 31.5 Å². The highest BCUT2D eigenvalue weighted by molar-refractivity contribution is 7.80. The minimum Gasteiger partial charge on any atom is -0.392 e. The fourth-order valence-corrected chi connectivity index (χ4v) is 3.57. The van der Waals surface area contributed by atoms with Crippen LogP contribution in [0, 0.1) is 10.8 Å². The SMILES string of the molecule is CC(C)(C(=O)N1CCC2(CCCCC2)CC1)C(N)=S. The van der Waals surface area contributed by atoms with Crippen LogP contribution in [-0.4, -0.2) is 28.9 Å². The zero-order chi connectivity index (χ0) is 14.1. The highest BCUT2D eigenvalue weighted by atomic mass is 32.1. The first-order valence-electron chi connectivity index (χ1n) is 7.47. The summed E-state index contributed by atoms with van der Waals surface area (Å²) in [5.74, 6) is 0.102. The third-order valence-electron chi connectivity index (χ3n) is 5.18. The Hall–Kier alpha value is -0.640. The maximum Gasteiger partial charge on any atom is 0.235 e. The molecule has 19 heavy (non-hydrogen) atoms. The molecule has 2 rings (SSSR count). The molecule has 0 bridgehead atoms. The number of carbonyl (C=O) groups is 1. The summed E-state index contributed by atoms with van der Waals surface area (Å²) < 4.78 is 0. The Morgan fingerprint density at radius 3 is 2.11 bits per heavy atom. The van der Waals surface area contributed by atoms with E-state index in [9.17, 15) is 4.79 Å². The van der Waals surface area contributed by atoms with Gasteiger partial charge in [0, 0.05) is 13.1 Å². The van der Waals surface area contributed by atoms with Gasteiger partial charge in [-0.05, 0) is 44.9 Å². The normalized spacial score (nSPS) is 23.4. The number of carbonyl (C=O) groups excluding carboxylic acids is 1. The van der Waals surface area contributed by atoms with E-state index < -0.39 is 5.41 Å². The second-order valence-electron chi connectivity index (χ2n) is 6.84. The number of likely N-dealkylation sites (tertiary alicyclic amines) is 1. The van der Waals surface area contributed by atoms with E-state index in [0.717, 1.165) is 25.9 Å². The quantitative estimate of drug-likeness (QED) is 0.792. The minimum atomic E-state index is -0.702. The number of rotatable bonds is 2. The van der Waals surface area contributed by atoms with Gasteiger partial charge >= 0.3 is 0 Å². The molecule has 4 heteroatoms. The molecule has 0 atom stereocenters. The van der Waals surface area contributed by atoms with E-state index in [2.05, 4.69) is 0 Å². The van der Waals surface area contributed by atoms with Crippen molar-refractivity contribution < 1.29 is 4.79 Å². The Kier molecular flexibility index (Phi) is 4.19. The molecule has 0 unspecified atom stereocenters. The Morgan fingerprint density at radius 2 is 1.63 bits per heavy atom. The number of nitrogens with two attached hydrogens (primary N) is 1. The molecule has 108 valence electrons. The molecule has 2 aliphatic rings. The molecular formula is C15H26N2OS. The molecule has 2 N–H and O–H groups in total. The van der Waals surface area contributed by atoms with Crippen LogP contribution in [0.5, 0.6) is 0 Å².